The molecule has 6 nitrogen and oxygen atoms in total. The minimum Gasteiger partial charge on any atom is -0.325 e. The van der Waals surface area contributed by atoms with E-state index in [-0.39, 0.29) is 16.1 Å². The van der Waals surface area contributed by atoms with Crippen LogP contribution in [0.25, 0.3) is 0 Å². The van der Waals surface area contributed by atoms with Gasteiger partial charge < -0.3 is 5.32 Å². The van der Waals surface area contributed by atoms with Gasteiger partial charge in [0.15, 0.2) is 0 Å². The molecule has 0 saturated heterocycles. The van der Waals surface area contributed by atoms with Gasteiger partial charge in [0, 0.05) is 28.6 Å². The van der Waals surface area contributed by atoms with E-state index in [1.165, 1.54) is 23.9 Å². The molecule has 0 spiro atoms. The van der Waals surface area contributed by atoms with Gasteiger partial charge in [0.05, 0.1) is 10.1 Å². The number of hydrogen-bond donors (Lipinski definition) is 2. The number of sulfonamides is 1. The number of aliphatic imine (C=N–C) groups is 1. The van der Waals surface area contributed by atoms with Crippen LogP contribution in [0.15, 0.2) is 63.3 Å². The van der Waals surface area contributed by atoms with Crippen molar-refractivity contribution >= 4 is 50.8 Å². The summed E-state index contributed by atoms with van der Waals surface area (Å²) in [6.07, 6.45) is 1.46. The maximum atomic E-state index is 12.5. The van der Waals surface area contributed by atoms with Crippen molar-refractivity contribution in [2.45, 2.75) is 34.8 Å². The fourth-order valence-electron chi connectivity index (χ4n) is 2.59. The third kappa shape index (κ3) is 5.50. The lowest BCUT2D eigenvalue weighted by Gasteiger charge is -2.13. The molecule has 2 aromatic carbocycles. The number of thioether (sulfide) groups is 1. The molecule has 1 unspecified atom stereocenters. The van der Waals surface area contributed by atoms with Crippen molar-refractivity contribution < 1.29 is 13.2 Å². The van der Waals surface area contributed by atoms with Crippen LogP contribution in [0.4, 0.5) is 5.69 Å². The highest BCUT2D eigenvalue weighted by Gasteiger charge is 2.20. The van der Waals surface area contributed by atoms with Crippen LogP contribution in [-0.2, 0) is 14.8 Å². The monoisotopic (exact) mass is 437 g/mol. The smallest absolute Gasteiger partial charge is 0.262 e. The molecule has 1 atom stereocenters. The Labute approximate surface area is 173 Å². The van der Waals surface area contributed by atoms with E-state index < -0.39 is 10.0 Å². The van der Waals surface area contributed by atoms with Crippen LogP contribution >= 0.6 is 23.4 Å². The number of amidine groups is 1. The molecule has 28 heavy (non-hydrogen) atoms. The number of rotatable bonds is 6. The molecular formula is C19H20ClN3O3S2. The van der Waals surface area contributed by atoms with Gasteiger partial charge in [-0.25, -0.2) is 8.42 Å². The molecule has 3 rings (SSSR count). The van der Waals surface area contributed by atoms with Gasteiger partial charge >= 0.3 is 0 Å². The van der Waals surface area contributed by atoms with E-state index in [2.05, 4.69) is 15.0 Å². The molecule has 0 fully saturated rings. The van der Waals surface area contributed by atoms with Crippen LogP contribution in [0.2, 0.25) is 5.02 Å². The van der Waals surface area contributed by atoms with Crippen LogP contribution in [0.3, 0.4) is 0 Å². The van der Waals surface area contributed by atoms with Gasteiger partial charge in [-0.15, -0.1) is 11.8 Å². The van der Waals surface area contributed by atoms with Crippen LogP contribution in [0.1, 0.15) is 19.8 Å². The van der Waals surface area contributed by atoms with Gasteiger partial charge in [0.2, 0.25) is 5.91 Å². The Morgan fingerprint density at radius 1 is 1.21 bits per heavy atom. The zero-order valence-corrected chi connectivity index (χ0v) is 17.6. The van der Waals surface area contributed by atoms with Gasteiger partial charge in [-0.3, -0.25) is 14.5 Å². The number of benzene rings is 2. The van der Waals surface area contributed by atoms with E-state index in [1.54, 1.807) is 31.2 Å². The molecule has 0 bridgehead atoms. The van der Waals surface area contributed by atoms with Crippen molar-refractivity contribution in [3.63, 3.8) is 0 Å². The van der Waals surface area contributed by atoms with Crippen molar-refractivity contribution in [2.75, 3.05) is 11.9 Å². The van der Waals surface area contributed by atoms with E-state index in [9.17, 15) is 13.2 Å². The van der Waals surface area contributed by atoms with Crippen molar-refractivity contribution in [1.29, 1.82) is 0 Å². The van der Waals surface area contributed by atoms with Crippen molar-refractivity contribution in [3.8, 4) is 0 Å². The number of carbonyl (C=O) groups is 1. The molecule has 1 aliphatic rings. The summed E-state index contributed by atoms with van der Waals surface area (Å²) in [7, 11) is -3.72. The SMILES string of the molecule is CC(Sc1ccc(Cl)cc1)C(=O)Nc1cccc(S(=O)(=O)NC2=NCCC2)c1. The Morgan fingerprint density at radius 2 is 1.96 bits per heavy atom. The number of nitrogens with zero attached hydrogens (tertiary/aromatic N) is 1. The molecular weight excluding hydrogens is 418 g/mol. The molecule has 0 saturated carbocycles. The zero-order valence-electron chi connectivity index (χ0n) is 15.2. The number of hydrogen-bond acceptors (Lipinski definition) is 5. The van der Waals surface area contributed by atoms with Gasteiger partial charge in [-0.2, -0.15) is 0 Å². The maximum Gasteiger partial charge on any atom is 0.262 e. The summed E-state index contributed by atoms with van der Waals surface area (Å²) in [5.41, 5.74) is 0.421. The first-order chi connectivity index (χ1) is 13.3. The van der Waals surface area contributed by atoms with Crippen molar-refractivity contribution in [1.82, 2.24) is 4.72 Å². The quantitative estimate of drug-likeness (QED) is 0.670. The summed E-state index contributed by atoms with van der Waals surface area (Å²) in [6, 6.07) is 13.4. The molecule has 1 heterocycles. The lowest BCUT2D eigenvalue weighted by Crippen LogP contribution is -2.29. The third-order valence-corrected chi connectivity index (χ3v) is 6.78. The van der Waals surface area contributed by atoms with Crippen LogP contribution in [0, 0.1) is 0 Å². The highest BCUT2D eigenvalue weighted by Crippen LogP contribution is 2.26. The van der Waals surface area contributed by atoms with E-state index in [0.717, 1.165) is 11.3 Å². The Hall–Kier alpha value is -2.03. The summed E-state index contributed by atoms with van der Waals surface area (Å²) >= 11 is 7.27. The number of anilines is 1. The van der Waals surface area contributed by atoms with Crippen molar-refractivity contribution in [3.05, 3.63) is 53.6 Å². The standard InChI is InChI=1S/C19H20ClN3O3S2/c1-13(27-16-9-7-14(20)8-10-16)19(24)22-15-4-2-5-17(12-15)28(25,26)23-18-6-3-11-21-18/h2,4-5,7-10,12-13H,3,6,11H2,1H3,(H,21,23)(H,22,24). The minimum atomic E-state index is -3.72. The van der Waals surface area contributed by atoms with E-state index in [0.29, 0.717) is 29.5 Å². The molecule has 9 heteroatoms. The first-order valence-corrected chi connectivity index (χ1v) is 11.5. The predicted molar refractivity (Wildman–Crippen MR) is 114 cm³/mol. The fraction of sp³-hybridized carbons (Fsp3) is 0.263. The fourth-order valence-corrected chi connectivity index (χ4v) is 4.72. The molecule has 1 amide bonds. The summed E-state index contributed by atoms with van der Waals surface area (Å²) in [6.45, 7) is 2.42. The summed E-state index contributed by atoms with van der Waals surface area (Å²) in [5, 5.41) is 3.04. The lowest BCUT2D eigenvalue weighted by atomic mass is 10.3. The van der Waals surface area contributed by atoms with E-state index >= 15 is 0 Å². The van der Waals surface area contributed by atoms with Crippen LogP contribution in [-0.4, -0.2) is 32.0 Å². The molecule has 1 aliphatic heterocycles. The second-order valence-corrected chi connectivity index (χ2v) is 9.80. The second kappa shape index (κ2) is 8.98. The van der Waals surface area contributed by atoms with E-state index in [4.69, 9.17) is 11.6 Å². The normalized spacial score (nSPS) is 15.0. The van der Waals surface area contributed by atoms with Gasteiger partial charge in [-0.1, -0.05) is 17.7 Å². The number of carbonyl (C=O) groups excluding carboxylic acids is 1. The maximum absolute atomic E-state index is 12.5. The average Bonchev–Trinajstić information content (AvgIpc) is 3.16. The molecule has 2 N–H and O–H groups in total. The number of amides is 1. The Balaban J connectivity index is 1.66. The number of halogens is 1. The van der Waals surface area contributed by atoms with E-state index in [1.807, 2.05) is 12.1 Å². The van der Waals surface area contributed by atoms with Crippen molar-refractivity contribution in [2.24, 2.45) is 4.99 Å². The summed E-state index contributed by atoms with van der Waals surface area (Å²) < 4.78 is 27.5. The van der Waals surface area contributed by atoms with Gasteiger partial charge in [0.25, 0.3) is 10.0 Å². The largest absolute Gasteiger partial charge is 0.325 e. The lowest BCUT2D eigenvalue weighted by molar-refractivity contribution is -0.115. The second-order valence-electron chi connectivity index (χ2n) is 6.27. The predicted octanol–water partition coefficient (Wildman–Crippen LogP) is 3.93. The first-order valence-electron chi connectivity index (χ1n) is 8.73. The molecule has 148 valence electrons. The van der Waals surface area contributed by atoms with Gasteiger partial charge in [-0.05, 0) is 55.8 Å². The highest BCUT2D eigenvalue weighted by atomic mass is 35.5. The summed E-state index contributed by atoms with van der Waals surface area (Å²) in [5.74, 6) is 0.255. The minimum absolute atomic E-state index is 0.0814. The Morgan fingerprint density at radius 3 is 2.64 bits per heavy atom. The zero-order chi connectivity index (χ0) is 20.1. The third-order valence-electron chi connectivity index (χ3n) is 4.03. The van der Waals surface area contributed by atoms with Gasteiger partial charge in [0.1, 0.15) is 5.84 Å². The first kappa shape index (κ1) is 20.7. The Kier molecular flexibility index (Phi) is 6.64. The van der Waals surface area contributed by atoms with Crippen LogP contribution < -0.4 is 10.0 Å². The molecule has 0 aromatic heterocycles. The number of nitrogens with one attached hydrogen (secondary N) is 2. The Bertz CT molecular complexity index is 992. The average molecular weight is 438 g/mol. The molecule has 0 radical (unpaired) electrons. The molecule has 0 aliphatic carbocycles. The molecule has 2 aromatic rings. The topological polar surface area (TPSA) is 87.6 Å². The van der Waals surface area contributed by atoms with Crippen LogP contribution in [0.5, 0.6) is 0 Å². The summed E-state index contributed by atoms with van der Waals surface area (Å²) in [4.78, 5) is 17.6. The highest BCUT2D eigenvalue weighted by molar-refractivity contribution is 8.00.